The van der Waals surface area contributed by atoms with Gasteiger partial charge in [-0.3, -0.25) is 0 Å². The first-order valence-electron chi connectivity index (χ1n) is 3.33. The highest BCUT2D eigenvalue weighted by atomic mass is 127. The number of benzene rings is 1. The van der Waals surface area contributed by atoms with Gasteiger partial charge in [0.1, 0.15) is 0 Å². The van der Waals surface area contributed by atoms with Crippen molar-refractivity contribution in [1.82, 2.24) is 0 Å². The van der Waals surface area contributed by atoms with Crippen molar-refractivity contribution in [2.75, 3.05) is 0 Å². The molecule has 58 valence electrons. The maximum Gasteiger partial charge on any atom is 0.0991 e. The first kappa shape index (κ1) is 9.02. The molecule has 0 aliphatic heterocycles. The third-order valence-corrected chi connectivity index (χ3v) is 2.46. The van der Waals surface area contributed by atoms with E-state index in [-0.39, 0.29) is 0 Å². The number of nitrogens with zero attached hydrogens (tertiary/aromatic N) is 2. The molecule has 3 heteroatoms. The fraction of sp³-hybridized carbons (Fsp3) is 0.111. The molecule has 1 aromatic carbocycles. The van der Waals surface area contributed by atoms with E-state index in [0.717, 1.165) is 9.13 Å². The molecule has 0 aromatic heterocycles. The van der Waals surface area contributed by atoms with Crippen LogP contribution in [-0.4, -0.2) is 0 Å². The summed E-state index contributed by atoms with van der Waals surface area (Å²) in [5.41, 5.74) is 1.62. The molecule has 0 saturated carbocycles. The van der Waals surface area contributed by atoms with Gasteiger partial charge in [0.15, 0.2) is 0 Å². The van der Waals surface area contributed by atoms with E-state index in [1.54, 1.807) is 12.1 Å². The van der Waals surface area contributed by atoms with Gasteiger partial charge in [-0.25, -0.2) is 0 Å². The zero-order valence-electron chi connectivity index (χ0n) is 6.21. The number of nitriles is 2. The summed E-state index contributed by atoms with van der Waals surface area (Å²) in [5, 5.41) is 17.0. The van der Waals surface area contributed by atoms with Crippen LogP contribution >= 0.6 is 22.6 Å². The van der Waals surface area contributed by atoms with E-state index in [4.69, 9.17) is 10.5 Å². The molecule has 0 fully saturated rings. The Morgan fingerprint density at radius 1 is 1.33 bits per heavy atom. The van der Waals surface area contributed by atoms with Gasteiger partial charge in [0.2, 0.25) is 0 Å². The minimum Gasteiger partial charge on any atom is -0.198 e. The monoisotopic (exact) mass is 268 g/mol. The molecule has 0 heterocycles. The van der Waals surface area contributed by atoms with Crippen molar-refractivity contribution in [3.63, 3.8) is 0 Å². The Hall–Kier alpha value is -1.07. The Morgan fingerprint density at radius 2 is 2.08 bits per heavy atom. The summed E-state index contributed by atoms with van der Waals surface area (Å²) in [7, 11) is 0. The lowest BCUT2D eigenvalue weighted by atomic mass is 10.1. The lowest BCUT2D eigenvalue weighted by Crippen LogP contribution is -1.87. The summed E-state index contributed by atoms with van der Waals surface area (Å²) in [6.45, 7) is 0. The molecule has 0 radical (unpaired) electrons. The molecule has 12 heavy (non-hydrogen) atoms. The van der Waals surface area contributed by atoms with E-state index < -0.39 is 0 Å². The molecule has 0 spiro atoms. The zero-order chi connectivity index (χ0) is 8.97. The van der Waals surface area contributed by atoms with Gasteiger partial charge in [-0.1, -0.05) is 6.07 Å². The first-order chi connectivity index (χ1) is 5.77. The van der Waals surface area contributed by atoms with Gasteiger partial charge in [0, 0.05) is 3.57 Å². The van der Waals surface area contributed by atoms with Gasteiger partial charge < -0.3 is 0 Å². The Labute approximate surface area is 84.6 Å². The molecule has 0 amide bonds. The molecular formula is C9H5IN2. The fourth-order valence-electron chi connectivity index (χ4n) is 0.845. The van der Waals surface area contributed by atoms with Crippen LogP contribution in [0.2, 0.25) is 0 Å². The van der Waals surface area contributed by atoms with Gasteiger partial charge in [-0.2, -0.15) is 10.5 Å². The molecule has 0 atom stereocenters. The average Bonchev–Trinajstić information content (AvgIpc) is 2.09. The SMILES string of the molecule is N#CCc1ccc(C#N)cc1I. The quantitative estimate of drug-likeness (QED) is 0.733. The van der Waals surface area contributed by atoms with Gasteiger partial charge in [-0.15, -0.1) is 0 Å². The van der Waals surface area contributed by atoms with Crippen molar-refractivity contribution in [3.8, 4) is 12.1 Å². The third-order valence-electron chi connectivity index (χ3n) is 1.45. The normalized spacial score (nSPS) is 8.58. The van der Waals surface area contributed by atoms with Crippen molar-refractivity contribution >= 4 is 22.6 Å². The van der Waals surface area contributed by atoms with E-state index in [0.29, 0.717) is 12.0 Å². The Morgan fingerprint density at radius 3 is 2.58 bits per heavy atom. The first-order valence-corrected chi connectivity index (χ1v) is 4.41. The van der Waals surface area contributed by atoms with Crippen molar-refractivity contribution in [1.29, 1.82) is 10.5 Å². The molecule has 1 aromatic rings. The van der Waals surface area contributed by atoms with Crippen LogP contribution < -0.4 is 0 Å². The molecule has 0 bridgehead atoms. The minimum atomic E-state index is 0.407. The second kappa shape index (κ2) is 4.08. The molecular weight excluding hydrogens is 263 g/mol. The van der Waals surface area contributed by atoms with Crippen molar-refractivity contribution in [3.05, 3.63) is 32.9 Å². The number of halogens is 1. The predicted molar refractivity (Wildman–Crippen MR) is 53.2 cm³/mol. The molecule has 0 saturated heterocycles. The summed E-state index contributed by atoms with van der Waals surface area (Å²) in [6.07, 6.45) is 0.407. The predicted octanol–water partition coefficient (Wildman–Crippen LogP) is 2.23. The van der Waals surface area contributed by atoms with E-state index >= 15 is 0 Å². The van der Waals surface area contributed by atoms with E-state index in [9.17, 15) is 0 Å². The molecule has 2 nitrogen and oxygen atoms in total. The maximum absolute atomic E-state index is 8.56. The summed E-state index contributed by atoms with van der Waals surface area (Å²) in [5.74, 6) is 0. The van der Waals surface area contributed by atoms with Crippen molar-refractivity contribution < 1.29 is 0 Å². The molecule has 0 N–H and O–H groups in total. The Kier molecular flexibility index (Phi) is 3.07. The van der Waals surface area contributed by atoms with Crippen LogP contribution in [0.25, 0.3) is 0 Å². The molecule has 0 aliphatic rings. The molecule has 1 rings (SSSR count). The second-order valence-electron chi connectivity index (χ2n) is 2.25. The highest BCUT2D eigenvalue weighted by Crippen LogP contribution is 2.14. The van der Waals surface area contributed by atoms with Crippen LogP contribution in [0.5, 0.6) is 0 Å². The van der Waals surface area contributed by atoms with Crippen molar-refractivity contribution in [2.24, 2.45) is 0 Å². The minimum absolute atomic E-state index is 0.407. The highest BCUT2D eigenvalue weighted by Gasteiger charge is 1.99. The lowest BCUT2D eigenvalue weighted by Gasteiger charge is -1.98. The topological polar surface area (TPSA) is 47.6 Å². The molecule has 0 aliphatic carbocycles. The summed E-state index contributed by atoms with van der Waals surface area (Å²) >= 11 is 2.13. The van der Waals surface area contributed by atoms with Crippen LogP contribution in [0.3, 0.4) is 0 Å². The van der Waals surface area contributed by atoms with E-state index in [1.807, 2.05) is 12.1 Å². The smallest absolute Gasteiger partial charge is 0.0991 e. The van der Waals surface area contributed by atoms with Gasteiger partial charge >= 0.3 is 0 Å². The number of hydrogen-bond acceptors (Lipinski definition) is 2. The average molecular weight is 268 g/mol. The van der Waals surface area contributed by atoms with Crippen LogP contribution in [0.1, 0.15) is 11.1 Å². The maximum atomic E-state index is 8.56. The van der Waals surface area contributed by atoms with Crippen LogP contribution in [-0.2, 0) is 6.42 Å². The van der Waals surface area contributed by atoms with E-state index in [2.05, 4.69) is 28.7 Å². The standard InChI is InChI=1S/C9H5IN2/c10-9-5-7(6-12)1-2-8(9)3-4-11/h1-2,5H,3H2. The summed E-state index contributed by atoms with van der Waals surface area (Å²) < 4.78 is 0.980. The van der Waals surface area contributed by atoms with E-state index in [1.165, 1.54) is 0 Å². The zero-order valence-corrected chi connectivity index (χ0v) is 8.37. The third kappa shape index (κ3) is 1.96. The van der Waals surface area contributed by atoms with Crippen molar-refractivity contribution in [2.45, 2.75) is 6.42 Å². The number of hydrogen-bond donors (Lipinski definition) is 0. The lowest BCUT2D eigenvalue weighted by molar-refractivity contribution is 1.24. The van der Waals surface area contributed by atoms with Gasteiger partial charge in [0.25, 0.3) is 0 Å². The number of rotatable bonds is 1. The Bertz CT molecular complexity index is 371. The van der Waals surface area contributed by atoms with Crippen LogP contribution in [0.4, 0.5) is 0 Å². The molecule has 0 unspecified atom stereocenters. The second-order valence-corrected chi connectivity index (χ2v) is 3.42. The largest absolute Gasteiger partial charge is 0.198 e. The van der Waals surface area contributed by atoms with Crippen LogP contribution in [0.15, 0.2) is 18.2 Å². The Balaban J connectivity index is 3.07. The van der Waals surface area contributed by atoms with Gasteiger partial charge in [0.05, 0.1) is 24.1 Å². The van der Waals surface area contributed by atoms with Crippen LogP contribution in [0, 0.1) is 26.2 Å². The summed E-state index contributed by atoms with van der Waals surface area (Å²) in [4.78, 5) is 0. The summed E-state index contributed by atoms with van der Waals surface area (Å²) in [6, 6.07) is 9.46. The van der Waals surface area contributed by atoms with Gasteiger partial charge in [-0.05, 0) is 40.3 Å². The highest BCUT2D eigenvalue weighted by molar-refractivity contribution is 14.1. The fourth-order valence-corrected chi connectivity index (χ4v) is 1.55.